The highest BCUT2D eigenvalue weighted by Crippen LogP contribution is 2.25. The minimum Gasteiger partial charge on any atom is -0.294 e. The van der Waals surface area contributed by atoms with Crippen LogP contribution < -0.4 is 16.7 Å². The molecule has 0 fully saturated rings. The molecule has 0 aromatic carbocycles. The lowest BCUT2D eigenvalue weighted by molar-refractivity contribution is 0.483. The molecule has 0 amide bonds. The van der Waals surface area contributed by atoms with Gasteiger partial charge in [0, 0.05) is 13.6 Å². The van der Waals surface area contributed by atoms with Crippen molar-refractivity contribution in [3.8, 4) is 0 Å². The van der Waals surface area contributed by atoms with Crippen LogP contribution in [0.5, 0.6) is 0 Å². The van der Waals surface area contributed by atoms with Crippen LogP contribution in [0.3, 0.4) is 0 Å². The molecule has 22 heavy (non-hydrogen) atoms. The lowest BCUT2D eigenvalue weighted by atomic mass is 10.2. The van der Waals surface area contributed by atoms with Crippen LogP contribution in [0.25, 0.3) is 11.2 Å². The summed E-state index contributed by atoms with van der Waals surface area (Å²) in [4.78, 5) is 29.6. The quantitative estimate of drug-likeness (QED) is 0.893. The van der Waals surface area contributed by atoms with Gasteiger partial charge in [0.2, 0.25) is 5.95 Å². The average Bonchev–Trinajstić information content (AvgIpc) is 2.85. The minimum absolute atomic E-state index is 0.0843. The maximum atomic E-state index is 12.8. The third kappa shape index (κ3) is 1.90. The number of nitrogens with zero attached hydrogens (tertiary/aromatic N) is 5. The standard InChI is InChI=1S/C14H20N6O2/c1-7(2)6-19-12(21)10-11(18(5)14(19)22)15-13-17-16-8(3)9(4)20(10)13/h7,9H,6H2,1-5H3,(H,15,17). The summed E-state index contributed by atoms with van der Waals surface area (Å²) < 4.78 is 4.53. The van der Waals surface area contributed by atoms with E-state index in [1.54, 1.807) is 7.05 Å². The normalized spacial score (nSPS) is 17.5. The molecule has 2 aromatic rings. The van der Waals surface area contributed by atoms with Crippen LogP contribution in [0, 0.1) is 5.92 Å². The molecule has 1 unspecified atom stereocenters. The number of fused-ring (bicyclic) bond motifs is 3. The Bertz CT molecular complexity index is 899. The van der Waals surface area contributed by atoms with E-state index in [4.69, 9.17) is 0 Å². The van der Waals surface area contributed by atoms with E-state index in [0.29, 0.717) is 23.7 Å². The van der Waals surface area contributed by atoms with Gasteiger partial charge in [-0.15, -0.1) is 0 Å². The third-order valence-corrected chi connectivity index (χ3v) is 4.05. The fourth-order valence-electron chi connectivity index (χ4n) is 2.74. The Balaban J connectivity index is 2.41. The molecule has 8 nitrogen and oxygen atoms in total. The van der Waals surface area contributed by atoms with E-state index >= 15 is 0 Å². The number of nitrogens with one attached hydrogen (secondary N) is 1. The summed E-state index contributed by atoms with van der Waals surface area (Å²) in [6, 6.07) is -0.0843. The smallest absolute Gasteiger partial charge is 0.294 e. The van der Waals surface area contributed by atoms with E-state index < -0.39 is 0 Å². The van der Waals surface area contributed by atoms with Crippen molar-refractivity contribution in [1.29, 1.82) is 0 Å². The number of hydrazone groups is 1. The SMILES string of the molecule is CC1=NNc2nc3c(c(=O)n(CC(C)C)c(=O)n3C)n2C1C. The van der Waals surface area contributed by atoms with E-state index in [1.807, 2.05) is 32.3 Å². The van der Waals surface area contributed by atoms with Crippen molar-refractivity contribution in [2.75, 3.05) is 5.43 Å². The molecular weight excluding hydrogens is 284 g/mol. The lowest BCUT2D eigenvalue weighted by Gasteiger charge is -2.21. The zero-order valence-electron chi connectivity index (χ0n) is 13.4. The zero-order valence-corrected chi connectivity index (χ0v) is 13.4. The largest absolute Gasteiger partial charge is 0.332 e. The van der Waals surface area contributed by atoms with E-state index in [-0.39, 0.29) is 23.2 Å². The van der Waals surface area contributed by atoms with E-state index in [9.17, 15) is 9.59 Å². The number of aryl methyl sites for hydroxylation is 1. The van der Waals surface area contributed by atoms with Gasteiger partial charge in [-0.05, 0) is 19.8 Å². The van der Waals surface area contributed by atoms with Crippen LogP contribution in [-0.2, 0) is 13.6 Å². The number of hydrogen-bond donors (Lipinski definition) is 1. The van der Waals surface area contributed by atoms with Gasteiger partial charge in [-0.3, -0.25) is 18.5 Å². The summed E-state index contributed by atoms with van der Waals surface area (Å²) in [5, 5.41) is 4.19. The van der Waals surface area contributed by atoms with Gasteiger partial charge in [0.05, 0.1) is 11.8 Å². The Kier molecular flexibility index (Phi) is 3.19. The first-order valence-corrected chi connectivity index (χ1v) is 7.34. The highest BCUT2D eigenvalue weighted by atomic mass is 16.2. The Labute approximate surface area is 127 Å². The van der Waals surface area contributed by atoms with Crippen molar-refractivity contribution in [2.45, 2.75) is 40.3 Å². The average molecular weight is 304 g/mol. The molecule has 3 rings (SSSR count). The second-order valence-corrected chi connectivity index (χ2v) is 6.17. The maximum Gasteiger partial charge on any atom is 0.332 e. The molecule has 0 radical (unpaired) electrons. The second kappa shape index (κ2) is 4.82. The molecule has 2 aromatic heterocycles. The lowest BCUT2D eigenvalue weighted by Crippen LogP contribution is -2.41. The Morgan fingerprint density at radius 1 is 1.32 bits per heavy atom. The predicted molar refractivity (Wildman–Crippen MR) is 85.5 cm³/mol. The fraction of sp³-hybridized carbons (Fsp3) is 0.571. The Morgan fingerprint density at radius 3 is 2.64 bits per heavy atom. The number of hydrogen-bond acceptors (Lipinski definition) is 5. The first-order chi connectivity index (χ1) is 10.3. The molecule has 3 heterocycles. The molecule has 0 aliphatic carbocycles. The first-order valence-electron chi connectivity index (χ1n) is 7.34. The third-order valence-electron chi connectivity index (χ3n) is 4.05. The van der Waals surface area contributed by atoms with E-state index in [1.165, 1.54) is 9.13 Å². The van der Waals surface area contributed by atoms with Gasteiger partial charge < -0.3 is 0 Å². The Morgan fingerprint density at radius 2 is 2.00 bits per heavy atom. The number of aromatic nitrogens is 4. The van der Waals surface area contributed by atoms with Crippen LogP contribution in [-0.4, -0.2) is 24.4 Å². The summed E-state index contributed by atoms with van der Waals surface area (Å²) in [6.07, 6.45) is 0. The molecule has 1 atom stereocenters. The van der Waals surface area contributed by atoms with Crippen molar-refractivity contribution in [3.63, 3.8) is 0 Å². The monoisotopic (exact) mass is 304 g/mol. The van der Waals surface area contributed by atoms with Crippen LogP contribution in [0.4, 0.5) is 5.95 Å². The molecule has 1 N–H and O–H groups in total. The maximum absolute atomic E-state index is 12.8. The fourth-order valence-corrected chi connectivity index (χ4v) is 2.74. The van der Waals surface area contributed by atoms with Gasteiger partial charge in [-0.25, -0.2) is 10.2 Å². The molecule has 8 heteroatoms. The van der Waals surface area contributed by atoms with E-state index in [2.05, 4.69) is 15.5 Å². The molecule has 0 saturated heterocycles. The molecule has 0 bridgehead atoms. The molecule has 0 spiro atoms. The predicted octanol–water partition coefficient (Wildman–Crippen LogP) is 0.915. The topological polar surface area (TPSA) is 86.2 Å². The van der Waals surface area contributed by atoms with Gasteiger partial charge in [0.15, 0.2) is 11.2 Å². The van der Waals surface area contributed by atoms with Crippen LogP contribution >= 0.6 is 0 Å². The Hall–Kier alpha value is -2.38. The van der Waals surface area contributed by atoms with Crippen molar-refractivity contribution in [3.05, 3.63) is 20.8 Å². The van der Waals surface area contributed by atoms with Gasteiger partial charge in [-0.1, -0.05) is 13.8 Å². The van der Waals surface area contributed by atoms with Crippen molar-refractivity contribution in [1.82, 2.24) is 18.7 Å². The molecule has 1 aliphatic heterocycles. The van der Waals surface area contributed by atoms with Crippen LogP contribution in [0.2, 0.25) is 0 Å². The number of anilines is 1. The van der Waals surface area contributed by atoms with Crippen molar-refractivity contribution >= 4 is 22.8 Å². The highest BCUT2D eigenvalue weighted by Gasteiger charge is 2.26. The molecule has 118 valence electrons. The van der Waals surface area contributed by atoms with Gasteiger partial charge in [0.25, 0.3) is 5.56 Å². The van der Waals surface area contributed by atoms with Crippen LogP contribution in [0.1, 0.15) is 33.7 Å². The van der Waals surface area contributed by atoms with Gasteiger partial charge >= 0.3 is 5.69 Å². The highest BCUT2D eigenvalue weighted by molar-refractivity contribution is 5.90. The number of rotatable bonds is 2. The number of imidazole rings is 1. The van der Waals surface area contributed by atoms with Crippen LogP contribution in [0.15, 0.2) is 14.7 Å². The van der Waals surface area contributed by atoms with Gasteiger partial charge in [0.1, 0.15) is 0 Å². The molecule has 0 saturated carbocycles. The summed E-state index contributed by atoms with van der Waals surface area (Å²) in [5.74, 6) is 0.688. The second-order valence-electron chi connectivity index (χ2n) is 6.17. The van der Waals surface area contributed by atoms with Gasteiger partial charge in [-0.2, -0.15) is 10.1 Å². The van der Waals surface area contributed by atoms with E-state index in [0.717, 1.165) is 5.71 Å². The summed E-state index contributed by atoms with van der Waals surface area (Å²) in [7, 11) is 1.64. The summed E-state index contributed by atoms with van der Waals surface area (Å²) in [6.45, 7) is 8.19. The molecular formula is C14H20N6O2. The van der Waals surface area contributed by atoms with Crippen molar-refractivity contribution in [2.24, 2.45) is 18.1 Å². The van der Waals surface area contributed by atoms with Crippen molar-refractivity contribution < 1.29 is 0 Å². The summed E-state index contributed by atoms with van der Waals surface area (Å²) >= 11 is 0. The first kappa shape index (κ1) is 14.6. The summed E-state index contributed by atoms with van der Waals surface area (Å²) in [5.41, 5.74) is 3.88. The molecule has 1 aliphatic rings. The minimum atomic E-state index is -0.341. The zero-order chi connectivity index (χ0) is 16.2.